The van der Waals surface area contributed by atoms with Crippen LogP contribution in [0.1, 0.15) is 43.7 Å². The number of aromatic nitrogens is 3. The number of carbonyl (C=O) groups excluding carboxylic acids is 1. The zero-order valence-corrected chi connectivity index (χ0v) is 19.4. The molecule has 1 aromatic carbocycles. The molecule has 8 nitrogen and oxygen atoms in total. The highest BCUT2D eigenvalue weighted by molar-refractivity contribution is 7.22. The molecule has 1 fully saturated rings. The molecule has 0 spiro atoms. The summed E-state index contributed by atoms with van der Waals surface area (Å²) in [4.78, 5) is 45.7. The molecule has 1 aliphatic rings. The first-order chi connectivity index (χ1) is 15.5. The average molecular weight is 456 g/mol. The molecule has 3 aromatic rings. The zero-order valence-electron chi connectivity index (χ0n) is 18.6. The molecule has 0 aliphatic carbocycles. The molecule has 2 aromatic heterocycles. The van der Waals surface area contributed by atoms with Gasteiger partial charge >= 0.3 is 5.69 Å². The van der Waals surface area contributed by atoms with Crippen molar-refractivity contribution < 1.29 is 4.79 Å². The Labute approximate surface area is 190 Å². The van der Waals surface area contributed by atoms with Gasteiger partial charge in [0.05, 0.1) is 0 Å². The maximum Gasteiger partial charge on any atom is 0.333 e. The Morgan fingerprint density at radius 3 is 2.50 bits per heavy atom. The Morgan fingerprint density at radius 1 is 1.09 bits per heavy atom. The topological polar surface area (TPSA) is 89.2 Å². The van der Waals surface area contributed by atoms with E-state index in [4.69, 9.17) is 0 Å². The van der Waals surface area contributed by atoms with Crippen molar-refractivity contribution in [1.29, 1.82) is 0 Å². The minimum Gasteiger partial charge on any atom is -0.350 e. The number of thiazole rings is 1. The molecule has 0 radical (unpaired) electrons. The molecule has 1 amide bonds. The van der Waals surface area contributed by atoms with E-state index in [1.54, 1.807) is 0 Å². The second-order valence-electron chi connectivity index (χ2n) is 8.28. The summed E-state index contributed by atoms with van der Waals surface area (Å²) in [6, 6.07) is 7.92. The van der Waals surface area contributed by atoms with Crippen molar-refractivity contribution in [3.63, 3.8) is 0 Å². The van der Waals surface area contributed by atoms with E-state index < -0.39 is 5.69 Å². The Bertz CT molecular complexity index is 1220. The fourth-order valence-corrected chi connectivity index (χ4v) is 5.03. The number of aryl methyl sites for hydroxylation is 1. The third-order valence-electron chi connectivity index (χ3n) is 5.74. The van der Waals surface area contributed by atoms with Gasteiger partial charge in [0.2, 0.25) is 5.91 Å². The summed E-state index contributed by atoms with van der Waals surface area (Å²) < 4.78 is 3.01. The van der Waals surface area contributed by atoms with Crippen LogP contribution in [0.4, 0.5) is 5.13 Å². The first kappa shape index (κ1) is 22.3. The Kier molecular flexibility index (Phi) is 6.74. The normalized spacial score (nSPS) is 14.1. The summed E-state index contributed by atoms with van der Waals surface area (Å²) in [5.41, 5.74) is 1.65. The summed E-state index contributed by atoms with van der Waals surface area (Å²) in [7, 11) is 0. The third kappa shape index (κ3) is 4.62. The zero-order chi connectivity index (χ0) is 22.7. The lowest BCUT2D eigenvalue weighted by Crippen LogP contribution is -2.42. The summed E-state index contributed by atoms with van der Waals surface area (Å²) in [6.07, 6.45) is 4.02. The predicted molar refractivity (Wildman–Crippen MR) is 128 cm³/mol. The van der Waals surface area contributed by atoms with Gasteiger partial charge in [0.1, 0.15) is 11.2 Å². The van der Waals surface area contributed by atoms with Crippen LogP contribution in [0.15, 0.2) is 33.9 Å². The van der Waals surface area contributed by atoms with Crippen molar-refractivity contribution in [2.24, 2.45) is 0 Å². The number of piperidine rings is 1. The van der Waals surface area contributed by atoms with E-state index >= 15 is 0 Å². The van der Waals surface area contributed by atoms with E-state index in [1.807, 2.05) is 38.1 Å². The number of hydrogen-bond acceptors (Lipinski definition) is 6. The molecule has 0 saturated carbocycles. The predicted octanol–water partition coefficient (Wildman–Crippen LogP) is 2.64. The van der Waals surface area contributed by atoms with Crippen LogP contribution in [-0.2, 0) is 24.4 Å². The molecule has 1 saturated heterocycles. The Hall–Kier alpha value is -2.94. The molecule has 9 heteroatoms. The van der Waals surface area contributed by atoms with Gasteiger partial charge in [-0.25, -0.2) is 9.78 Å². The highest BCUT2D eigenvalue weighted by Gasteiger charge is 2.22. The van der Waals surface area contributed by atoms with Crippen LogP contribution in [0.2, 0.25) is 0 Å². The molecular weight excluding hydrogens is 426 g/mol. The smallest absolute Gasteiger partial charge is 0.333 e. The van der Waals surface area contributed by atoms with Crippen molar-refractivity contribution in [2.45, 2.75) is 59.2 Å². The van der Waals surface area contributed by atoms with Crippen molar-refractivity contribution in [3.05, 3.63) is 56.2 Å². The van der Waals surface area contributed by atoms with Gasteiger partial charge in [-0.2, -0.15) is 0 Å². The lowest BCUT2D eigenvalue weighted by molar-refractivity contribution is -0.121. The molecule has 4 rings (SSSR count). The quantitative estimate of drug-likeness (QED) is 0.592. The monoisotopic (exact) mass is 455 g/mol. The van der Waals surface area contributed by atoms with Gasteiger partial charge in [-0.05, 0) is 38.2 Å². The van der Waals surface area contributed by atoms with E-state index in [9.17, 15) is 14.4 Å². The third-order valence-corrected chi connectivity index (χ3v) is 6.83. The van der Waals surface area contributed by atoms with Crippen LogP contribution in [0.3, 0.4) is 0 Å². The second-order valence-corrected chi connectivity index (χ2v) is 9.26. The van der Waals surface area contributed by atoms with Crippen molar-refractivity contribution in [2.75, 3.05) is 18.0 Å². The van der Waals surface area contributed by atoms with Crippen molar-refractivity contribution in [3.8, 4) is 0 Å². The van der Waals surface area contributed by atoms with Gasteiger partial charge in [-0.3, -0.25) is 18.7 Å². The SMILES string of the molecule is CCCn1c(=O)c2sc(N3CCCCC3)nc2n(CC(=O)NCc2ccc(C)cc2)c1=O. The Morgan fingerprint density at radius 2 is 1.81 bits per heavy atom. The van der Waals surface area contributed by atoms with Crippen LogP contribution < -0.4 is 21.5 Å². The maximum atomic E-state index is 13.1. The fourth-order valence-electron chi connectivity index (χ4n) is 3.96. The van der Waals surface area contributed by atoms with Crippen LogP contribution in [0.5, 0.6) is 0 Å². The molecule has 3 heterocycles. The van der Waals surface area contributed by atoms with Gasteiger partial charge in [0, 0.05) is 26.2 Å². The number of fused-ring (bicyclic) bond motifs is 1. The summed E-state index contributed by atoms with van der Waals surface area (Å²) in [5.74, 6) is -0.289. The largest absolute Gasteiger partial charge is 0.350 e. The molecule has 0 unspecified atom stereocenters. The van der Waals surface area contributed by atoms with Gasteiger partial charge < -0.3 is 10.2 Å². The lowest BCUT2D eigenvalue weighted by atomic mass is 10.1. The van der Waals surface area contributed by atoms with Gasteiger partial charge in [-0.1, -0.05) is 48.1 Å². The first-order valence-electron chi connectivity index (χ1n) is 11.2. The highest BCUT2D eigenvalue weighted by atomic mass is 32.1. The van der Waals surface area contributed by atoms with Crippen LogP contribution in [0, 0.1) is 6.92 Å². The van der Waals surface area contributed by atoms with E-state index in [0.717, 1.165) is 42.2 Å². The van der Waals surface area contributed by atoms with Gasteiger partial charge in [0.15, 0.2) is 10.8 Å². The van der Waals surface area contributed by atoms with Crippen LogP contribution in [0.25, 0.3) is 10.3 Å². The van der Waals surface area contributed by atoms with E-state index in [-0.39, 0.29) is 18.0 Å². The molecule has 32 heavy (non-hydrogen) atoms. The molecule has 1 aliphatic heterocycles. The Balaban J connectivity index is 1.65. The molecule has 170 valence electrons. The number of rotatable bonds is 7. The van der Waals surface area contributed by atoms with Crippen molar-refractivity contribution >= 4 is 32.7 Å². The number of anilines is 1. The van der Waals surface area contributed by atoms with E-state index in [0.29, 0.717) is 29.9 Å². The van der Waals surface area contributed by atoms with E-state index in [2.05, 4.69) is 15.2 Å². The number of hydrogen-bond donors (Lipinski definition) is 1. The number of amides is 1. The lowest BCUT2D eigenvalue weighted by Gasteiger charge is -2.25. The molecule has 0 atom stereocenters. The van der Waals surface area contributed by atoms with E-state index in [1.165, 1.54) is 26.9 Å². The number of carbonyl (C=O) groups is 1. The number of benzene rings is 1. The van der Waals surface area contributed by atoms with Gasteiger partial charge in [-0.15, -0.1) is 0 Å². The molecule has 1 N–H and O–H groups in total. The molecular formula is C23H29N5O3S. The minimum absolute atomic E-state index is 0.172. The standard InChI is InChI=1S/C23H29N5O3S/c1-3-11-27-21(30)19-20(25-22(32-19)26-12-5-4-6-13-26)28(23(27)31)15-18(29)24-14-17-9-7-16(2)8-10-17/h7-10H,3-6,11-15H2,1-2H3,(H,24,29). The highest BCUT2D eigenvalue weighted by Crippen LogP contribution is 2.28. The summed E-state index contributed by atoms with van der Waals surface area (Å²) in [5, 5.41) is 3.62. The van der Waals surface area contributed by atoms with Crippen LogP contribution >= 0.6 is 11.3 Å². The number of nitrogens with zero attached hydrogens (tertiary/aromatic N) is 4. The van der Waals surface area contributed by atoms with Crippen LogP contribution in [-0.4, -0.2) is 33.1 Å². The molecule has 0 bridgehead atoms. The number of nitrogens with one attached hydrogen (secondary N) is 1. The maximum absolute atomic E-state index is 13.1. The van der Waals surface area contributed by atoms with Crippen molar-refractivity contribution in [1.82, 2.24) is 19.4 Å². The second kappa shape index (κ2) is 9.68. The minimum atomic E-state index is -0.481. The summed E-state index contributed by atoms with van der Waals surface area (Å²) in [6.45, 7) is 6.23. The average Bonchev–Trinajstić information content (AvgIpc) is 3.25. The van der Waals surface area contributed by atoms with Gasteiger partial charge in [0.25, 0.3) is 5.56 Å². The summed E-state index contributed by atoms with van der Waals surface area (Å²) >= 11 is 1.32. The fraction of sp³-hybridized carbons (Fsp3) is 0.478. The first-order valence-corrected chi connectivity index (χ1v) is 12.0.